The number of carbonyl (C=O) groups is 1. The Balaban J connectivity index is 1.56. The maximum absolute atomic E-state index is 12.0. The Bertz CT molecular complexity index is 588. The third-order valence-electron chi connectivity index (χ3n) is 4.22. The van der Waals surface area contributed by atoms with Crippen LogP contribution >= 0.6 is 15.9 Å². The second kappa shape index (κ2) is 11.2. The molecule has 0 unspecified atom stereocenters. The van der Waals surface area contributed by atoms with Crippen molar-refractivity contribution in [3.8, 4) is 0 Å². The predicted molar refractivity (Wildman–Crippen MR) is 109 cm³/mol. The van der Waals surface area contributed by atoms with E-state index in [0.29, 0.717) is 12.1 Å². The van der Waals surface area contributed by atoms with Gasteiger partial charge in [0.05, 0.1) is 6.61 Å². The van der Waals surface area contributed by atoms with Crippen molar-refractivity contribution in [3.05, 3.63) is 34.3 Å². The smallest absolute Gasteiger partial charge is 0.251 e. The lowest BCUT2D eigenvalue weighted by Crippen LogP contribution is -2.41. The van der Waals surface area contributed by atoms with Gasteiger partial charge in [0.1, 0.15) is 0 Å². The minimum absolute atomic E-state index is 0.0492. The van der Waals surface area contributed by atoms with Crippen molar-refractivity contribution >= 4 is 27.8 Å². The third-order valence-corrected chi connectivity index (χ3v) is 4.75. The number of rotatable bonds is 10. The summed E-state index contributed by atoms with van der Waals surface area (Å²) in [6.07, 6.45) is 3.46. The van der Waals surface area contributed by atoms with Crippen LogP contribution in [0.4, 0.5) is 0 Å². The van der Waals surface area contributed by atoms with Crippen molar-refractivity contribution in [2.75, 3.05) is 46.9 Å². The SMILES string of the molecule is CN=C(NCCCNC(=O)c1ccc(Br)cc1)N(C)CCOCC1CC1. The van der Waals surface area contributed by atoms with E-state index in [1.165, 1.54) is 12.8 Å². The molecule has 0 atom stereocenters. The molecule has 0 heterocycles. The van der Waals surface area contributed by atoms with Crippen LogP contribution in [0.15, 0.2) is 33.7 Å². The Morgan fingerprint density at radius 2 is 1.96 bits per heavy atom. The number of nitrogens with zero attached hydrogens (tertiary/aromatic N) is 2. The molecule has 1 aliphatic carbocycles. The molecule has 144 valence electrons. The lowest BCUT2D eigenvalue weighted by molar-refractivity contribution is 0.0953. The first-order valence-electron chi connectivity index (χ1n) is 9.13. The fourth-order valence-corrected chi connectivity index (χ4v) is 2.68. The third kappa shape index (κ3) is 7.74. The molecule has 1 aromatic rings. The first kappa shape index (κ1) is 20.7. The number of guanidine groups is 1. The quantitative estimate of drug-likeness (QED) is 0.344. The van der Waals surface area contributed by atoms with Crippen LogP contribution in [-0.2, 0) is 4.74 Å². The molecule has 2 rings (SSSR count). The lowest BCUT2D eigenvalue weighted by atomic mass is 10.2. The van der Waals surface area contributed by atoms with Crippen molar-refractivity contribution in [3.63, 3.8) is 0 Å². The summed E-state index contributed by atoms with van der Waals surface area (Å²) in [6, 6.07) is 7.34. The van der Waals surface area contributed by atoms with Gasteiger partial charge in [-0.3, -0.25) is 9.79 Å². The number of hydrogen-bond acceptors (Lipinski definition) is 3. The van der Waals surface area contributed by atoms with Crippen LogP contribution < -0.4 is 10.6 Å². The fraction of sp³-hybridized carbons (Fsp3) is 0.579. The number of likely N-dealkylation sites (N-methyl/N-ethyl adjacent to an activating group) is 1. The Hall–Kier alpha value is -1.60. The molecule has 1 aromatic carbocycles. The molecule has 1 fully saturated rings. The number of aliphatic imine (C=N–C) groups is 1. The van der Waals surface area contributed by atoms with Crippen LogP contribution in [0.2, 0.25) is 0 Å². The average molecular weight is 425 g/mol. The van der Waals surface area contributed by atoms with Gasteiger partial charge in [0.25, 0.3) is 5.91 Å². The second-order valence-electron chi connectivity index (χ2n) is 6.53. The summed E-state index contributed by atoms with van der Waals surface area (Å²) in [7, 11) is 3.78. The summed E-state index contributed by atoms with van der Waals surface area (Å²) in [5.41, 5.74) is 0.669. The highest BCUT2D eigenvalue weighted by molar-refractivity contribution is 9.10. The van der Waals surface area contributed by atoms with Crippen LogP contribution in [-0.4, -0.2) is 63.7 Å². The Kier molecular flexibility index (Phi) is 8.91. The lowest BCUT2D eigenvalue weighted by Gasteiger charge is -2.22. The van der Waals surface area contributed by atoms with E-state index in [9.17, 15) is 4.79 Å². The number of halogens is 1. The molecule has 0 spiro atoms. The molecule has 1 amide bonds. The van der Waals surface area contributed by atoms with Gasteiger partial charge in [0.15, 0.2) is 5.96 Å². The van der Waals surface area contributed by atoms with E-state index in [2.05, 4.69) is 36.5 Å². The van der Waals surface area contributed by atoms with Gasteiger partial charge < -0.3 is 20.3 Å². The van der Waals surface area contributed by atoms with Crippen LogP contribution in [0, 0.1) is 5.92 Å². The second-order valence-corrected chi connectivity index (χ2v) is 7.45. The van der Waals surface area contributed by atoms with Gasteiger partial charge in [-0.2, -0.15) is 0 Å². The van der Waals surface area contributed by atoms with Gasteiger partial charge in [0, 0.05) is 50.4 Å². The Labute approximate surface area is 164 Å². The summed E-state index contributed by atoms with van der Waals surface area (Å²) in [5, 5.41) is 6.25. The fourth-order valence-electron chi connectivity index (χ4n) is 2.42. The molecule has 0 aliphatic heterocycles. The Morgan fingerprint density at radius 3 is 2.62 bits per heavy atom. The highest BCUT2D eigenvalue weighted by Gasteiger charge is 2.21. The first-order valence-corrected chi connectivity index (χ1v) is 9.92. The summed E-state index contributed by atoms with van der Waals surface area (Å²) in [4.78, 5) is 18.4. The zero-order chi connectivity index (χ0) is 18.8. The van der Waals surface area contributed by atoms with E-state index in [1.54, 1.807) is 19.2 Å². The number of hydrogen-bond donors (Lipinski definition) is 2. The van der Waals surface area contributed by atoms with Gasteiger partial charge in [-0.25, -0.2) is 0 Å². The molecule has 7 heteroatoms. The monoisotopic (exact) mass is 424 g/mol. The molecule has 1 saturated carbocycles. The van der Waals surface area contributed by atoms with Gasteiger partial charge in [-0.1, -0.05) is 15.9 Å². The minimum atomic E-state index is -0.0492. The van der Waals surface area contributed by atoms with E-state index in [1.807, 2.05) is 19.2 Å². The summed E-state index contributed by atoms with van der Waals surface area (Å²) < 4.78 is 6.63. The molecule has 0 aromatic heterocycles. The number of benzene rings is 1. The normalized spacial score (nSPS) is 14.2. The van der Waals surface area contributed by atoms with E-state index < -0.39 is 0 Å². The molecule has 6 nitrogen and oxygen atoms in total. The van der Waals surface area contributed by atoms with Gasteiger partial charge >= 0.3 is 0 Å². The minimum Gasteiger partial charge on any atom is -0.379 e. The van der Waals surface area contributed by atoms with Crippen molar-refractivity contribution in [1.29, 1.82) is 0 Å². The van der Waals surface area contributed by atoms with Crippen molar-refractivity contribution < 1.29 is 9.53 Å². The summed E-state index contributed by atoms with van der Waals surface area (Å²) in [5.74, 6) is 1.59. The number of nitrogens with one attached hydrogen (secondary N) is 2. The number of ether oxygens (including phenoxy) is 1. The molecule has 0 saturated heterocycles. The Morgan fingerprint density at radius 1 is 1.27 bits per heavy atom. The van der Waals surface area contributed by atoms with Crippen molar-refractivity contribution in [1.82, 2.24) is 15.5 Å². The zero-order valence-electron chi connectivity index (χ0n) is 15.6. The zero-order valence-corrected chi connectivity index (χ0v) is 17.2. The molecular formula is C19H29BrN4O2. The highest BCUT2D eigenvalue weighted by Crippen LogP contribution is 2.28. The van der Waals surface area contributed by atoms with Crippen molar-refractivity contribution in [2.24, 2.45) is 10.9 Å². The average Bonchev–Trinajstić information content (AvgIpc) is 3.46. The van der Waals surface area contributed by atoms with Gasteiger partial charge in [0.2, 0.25) is 0 Å². The maximum Gasteiger partial charge on any atom is 0.251 e. The topological polar surface area (TPSA) is 66.0 Å². The van der Waals surface area contributed by atoms with E-state index in [-0.39, 0.29) is 5.91 Å². The molecule has 1 aliphatic rings. The molecule has 0 bridgehead atoms. The molecule has 26 heavy (non-hydrogen) atoms. The van der Waals surface area contributed by atoms with Gasteiger partial charge in [-0.05, 0) is 49.4 Å². The molecule has 2 N–H and O–H groups in total. The van der Waals surface area contributed by atoms with E-state index in [0.717, 1.165) is 49.1 Å². The summed E-state index contributed by atoms with van der Waals surface area (Å²) >= 11 is 3.37. The maximum atomic E-state index is 12.0. The molecule has 0 radical (unpaired) electrons. The van der Waals surface area contributed by atoms with E-state index >= 15 is 0 Å². The van der Waals surface area contributed by atoms with Gasteiger partial charge in [-0.15, -0.1) is 0 Å². The first-order chi connectivity index (χ1) is 12.6. The van der Waals surface area contributed by atoms with Crippen molar-refractivity contribution in [2.45, 2.75) is 19.3 Å². The van der Waals surface area contributed by atoms with Crippen LogP contribution in [0.5, 0.6) is 0 Å². The predicted octanol–water partition coefficient (Wildman–Crippen LogP) is 2.50. The standard InChI is InChI=1S/C19H29BrN4O2/c1-21-19(24(2)12-13-26-14-15-4-5-15)23-11-3-10-22-18(25)16-6-8-17(20)9-7-16/h6-9,15H,3-5,10-14H2,1-2H3,(H,21,23)(H,22,25). The summed E-state index contributed by atoms with van der Waals surface area (Å²) in [6.45, 7) is 3.79. The molecular weight excluding hydrogens is 396 g/mol. The van der Waals surface area contributed by atoms with Crippen LogP contribution in [0.25, 0.3) is 0 Å². The largest absolute Gasteiger partial charge is 0.379 e. The van der Waals surface area contributed by atoms with E-state index in [4.69, 9.17) is 4.74 Å². The number of carbonyl (C=O) groups excluding carboxylic acids is 1. The van der Waals surface area contributed by atoms with Crippen LogP contribution in [0.3, 0.4) is 0 Å². The number of amides is 1. The van der Waals surface area contributed by atoms with Crippen LogP contribution in [0.1, 0.15) is 29.6 Å². The highest BCUT2D eigenvalue weighted by atomic mass is 79.9.